The molecule has 0 bridgehead atoms. The highest BCUT2D eigenvalue weighted by atomic mass is 16.4. The zero-order valence-electron chi connectivity index (χ0n) is 22.0. The van der Waals surface area contributed by atoms with Crippen molar-refractivity contribution in [1.82, 2.24) is 0 Å². The predicted octanol–water partition coefficient (Wildman–Crippen LogP) is 8.05. The first-order chi connectivity index (χ1) is 17.1. The van der Waals surface area contributed by atoms with Crippen molar-refractivity contribution in [3.05, 3.63) is 60.2 Å². The molecule has 0 spiro atoms. The molecular weight excluding hydrogens is 430 g/mol. The first-order valence-corrected chi connectivity index (χ1v) is 14.4. The third-order valence-corrected chi connectivity index (χ3v) is 8.82. The van der Waals surface area contributed by atoms with E-state index in [-0.39, 0.29) is 23.7 Å². The number of unbranched alkanes of at least 4 members (excludes halogenated alkanes) is 5. The van der Waals surface area contributed by atoms with Crippen LogP contribution >= 0.6 is 0 Å². The summed E-state index contributed by atoms with van der Waals surface area (Å²) in [6.07, 6.45) is 25.4. The van der Waals surface area contributed by atoms with Gasteiger partial charge in [-0.3, -0.25) is 4.79 Å². The maximum absolute atomic E-state index is 12.1. The Morgan fingerprint density at radius 3 is 2.34 bits per heavy atom. The fraction of sp³-hybridized carbons (Fsp3) is 0.656. The molecule has 3 rings (SSSR count). The Hall–Kier alpha value is -1.87. The summed E-state index contributed by atoms with van der Waals surface area (Å²) in [7, 11) is 0. The molecule has 2 aliphatic rings. The molecule has 194 valence electrons. The molecule has 0 aliphatic heterocycles. The molecule has 1 saturated carbocycles. The van der Waals surface area contributed by atoms with E-state index >= 15 is 0 Å². The summed E-state index contributed by atoms with van der Waals surface area (Å²) >= 11 is 0. The van der Waals surface area contributed by atoms with Crippen LogP contribution < -0.4 is 5.73 Å². The van der Waals surface area contributed by atoms with Gasteiger partial charge in [0.2, 0.25) is 0 Å². The Bertz CT molecular complexity index is 793. The summed E-state index contributed by atoms with van der Waals surface area (Å²) in [5.41, 5.74) is 7.58. The van der Waals surface area contributed by atoms with Crippen LogP contribution in [0.3, 0.4) is 0 Å². The molecule has 0 aromatic heterocycles. The van der Waals surface area contributed by atoms with E-state index in [9.17, 15) is 9.90 Å². The van der Waals surface area contributed by atoms with Crippen molar-refractivity contribution in [2.75, 3.05) is 6.54 Å². The Labute approximate surface area is 214 Å². The number of carboxylic acids is 1. The summed E-state index contributed by atoms with van der Waals surface area (Å²) in [5, 5.41) is 9.94. The number of rotatable bonds is 15. The van der Waals surface area contributed by atoms with Crippen molar-refractivity contribution in [3.8, 4) is 0 Å². The molecule has 1 aromatic carbocycles. The van der Waals surface area contributed by atoms with Gasteiger partial charge in [-0.05, 0) is 87.1 Å². The fourth-order valence-corrected chi connectivity index (χ4v) is 7.12. The van der Waals surface area contributed by atoms with E-state index in [0.29, 0.717) is 18.4 Å². The molecule has 0 saturated heterocycles. The van der Waals surface area contributed by atoms with Crippen LogP contribution in [-0.4, -0.2) is 17.6 Å². The zero-order chi connectivity index (χ0) is 24.9. The highest BCUT2D eigenvalue weighted by Gasteiger charge is 2.49. The first-order valence-electron chi connectivity index (χ1n) is 14.4. The fourth-order valence-electron chi connectivity index (χ4n) is 7.12. The van der Waals surface area contributed by atoms with Gasteiger partial charge in [0.05, 0.1) is 0 Å². The molecule has 3 N–H and O–H groups in total. The van der Waals surface area contributed by atoms with Gasteiger partial charge in [-0.15, -0.1) is 0 Å². The van der Waals surface area contributed by atoms with Crippen molar-refractivity contribution in [2.24, 2.45) is 29.4 Å². The Morgan fingerprint density at radius 2 is 1.69 bits per heavy atom. The lowest BCUT2D eigenvalue weighted by atomic mass is 9.56. The minimum absolute atomic E-state index is 0.0657. The van der Waals surface area contributed by atoms with Crippen LogP contribution in [0.15, 0.2) is 54.6 Å². The summed E-state index contributed by atoms with van der Waals surface area (Å²) in [5.74, 6) is 0.553. The molecular formula is C32H49NO2. The highest BCUT2D eigenvalue weighted by Crippen LogP contribution is 2.55. The van der Waals surface area contributed by atoms with Crippen molar-refractivity contribution >= 4 is 5.97 Å². The van der Waals surface area contributed by atoms with Gasteiger partial charge < -0.3 is 10.8 Å². The quantitative estimate of drug-likeness (QED) is 0.197. The number of allylic oxidation sites excluding steroid dienone is 4. The number of benzene rings is 1. The Balaban J connectivity index is 1.73. The van der Waals surface area contributed by atoms with E-state index in [4.69, 9.17) is 5.73 Å². The summed E-state index contributed by atoms with van der Waals surface area (Å²) < 4.78 is 0. The van der Waals surface area contributed by atoms with Crippen molar-refractivity contribution in [1.29, 1.82) is 0 Å². The van der Waals surface area contributed by atoms with E-state index in [1.165, 1.54) is 50.5 Å². The van der Waals surface area contributed by atoms with Gasteiger partial charge >= 0.3 is 5.97 Å². The normalized spacial score (nSPS) is 25.9. The number of hydrogen-bond acceptors (Lipinski definition) is 2. The number of aliphatic carboxylic acids is 1. The van der Waals surface area contributed by atoms with Crippen LogP contribution in [-0.2, 0) is 10.2 Å². The van der Waals surface area contributed by atoms with Gasteiger partial charge in [-0.25, -0.2) is 0 Å². The van der Waals surface area contributed by atoms with E-state index in [2.05, 4.69) is 61.6 Å². The van der Waals surface area contributed by atoms with Gasteiger partial charge in [-0.1, -0.05) is 93.7 Å². The second kappa shape index (κ2) is 14.6. The largest absolute Gasteiger partial charge is 0.481 e. The van der Waals surface area contributed by atoms with Gasteiger partial charge in [0.25, 0.3) is 0 Å². The zero-order valence-corrected chi connectivity index (χ0v) is 22.0. The van der Waals surface area contributed by atoms with E-state index in [0.717, 1.165) is 38.5 Å². The SMILES string of the molecule is CCCCCCC=CCCCC1C=CC(C2(c3ccccc3)CCCC2)C(CC(=O)O)C1CCN. The van der Waals surface area contributed by atoms with Crippen molar-refractivity contribution < 1.29 is 9.90 Å². The number of hydrogen-bond donors (Lipinski definition) is 2. The molecule has 35 heavy (non-hydrogen) atoms. The van der Waals surface area contributed by atoms with Crippen molar-refractivity contribution in [2.45, 2.75) is 102 Å². The number of carboxylic acid groups (broad SMARTS) is 1. The highest BCUT2D eigenvalue weighted by molar-refractivity contribution is 5.67. The average Bonchev–Trinajstić information content (AvgIpc) is 3.36. The van der Waals surface area contributed by atoms with Crippen LogP contribution in [0, 0.1) is 23.7 Å². The van der Waals surface area contributed by atoms with Crippen molar-refractivity contribution in [3.63, 3.8) is 0 Å². The van der Waals surface area contributed by atoms with Crippen LogP contribution in [0.5, 0.6) is 0 Å². The molecule has 3 nitrogen and oxygen atoms in total. The summed E-state index contributed by atoms with van der Waals surface area (Å²) in [6.45, 7) is 2.89. The third-order valence-electron chi connectivity index (χ3n) is 8.82. The molecule has 4 atom stereocenters. The monoisotopic (exact) mass is 479 g/mol. The number of nitrogens with two attached hydrogens (primary N) is 1. The average molecular weight is 480 g/mol. The topological polar surface area (TPSA) is 63.3 Å². The van der Waals surface area contributed by atoms with Crippen LogP contribution in [0.25, 0.3) is 0 Å². The molecule has 1 aromatic rings. The van der Waals surface area contributed by atoms with E-state index in [1.807, 2.05) is 0 Å². The number of carbonyl (C=O) groups is 1. The van der Waals surface area contributed by atoms with Gasteiger partial charge in [-0.2, -0.15) is 0 Å². The Kier molecular flexibility index (Phi) is 11.6. The first kappa shape index (κ1) is 27.7. The second-order valence-corrected chi connectivity index (χ2v) is 11.1. The molecule has 0 heterocycles. The lowest BCUT2D eigenvalue weighted by Gasteiger charge is -2.48. The van der Waals surface area contributed by atoms with Crippen LogP contribution in [0.2, 0.25) is 0 Å². The molecule has 4 unspecified atom stereocenters. The second-order valence-electron chi connectivity index (χ2n) is 11.1. The molecule has 0 radical (unpaired) electrons. The minimum atomic E-state index is -0.664. The van der Waals surface area contributed by atoms with E-state index < -0.39 is 5.97 Å². The van der Waals surface area contributed by atoms with Gasteiger partial charge in [0.15, 0.2) is 0 Å². The molecule has 3 heteroatoms. The van der Waals surface area contributed by atoms with E-state index in [1.54, 1.807) is 0 Å². The minimum Gasteiger partial charge on any atom is -0.481 e. The summed E-state index contributed by atoms with van der Waals surface area (Å²) in [6, 6.07) is 10.9. The third kappa shape index (κ3) is 7.56. The van der Waals surface area contributed by atoms with Gasteiger partial charge in [0, 0.05) is 11.8 Å². The predicted molar refractivity (Wildman–Crippen MR) is 147 cm³/mol. The Morgan fingerprint density at radius 1 is 0.971 bits per heavy atom. The lowest BCUT2D eigenvalue weighted by Crippen LogP contribution is -2.44. The molecule has 0 amide bonds. The van der Waals surface area contributed by atoms with Gasteiger partial charge in [0.1, 0.15) is 0 Å². The van der Waals surface area contributed by atoms with Crippen LogP contribution in [0.4, 0.5) is 0 Å². The molecule has 2 aliphatic carbocycles. The smallest absolute Gasteiger partial charge is 0.303 e. The lowest BCUT2D eigenvalue weighted by molar-refractivity contribution is -0.139. The van der Waals surface area contributed by atoms with Crippen LogP contribution in [0.1, 0.15) is 102 Å². The summed E-state index contributed by atoms with van der Waals surface area (Å²) in [4.78, 5) is 12.1. The maximum Gasteiger partial charge on any atom is 0.303 e. The maximum atomic E-state index is 12.1. The standard InChI is InChI=1S/C32H49NO2/c1-2-3-4-5-6-7-8-9-11-16-26-19-20-30(29(25-31(34)35)28(26)21-24-33)32(22-14-15-23-32)27-17-12-10-13-18-27/h7-8,10,12-13,17-20,26,28-30H,2-6,9,11,14-16,21-25,33H2,1H3,(H,34,35). The molecule has 1 fully saturated rings.